The number of hydrogen-bond acceptors (Lipinski definition) is 1. The molecule has 1 nitrogen and oxygen atoms in total. The summed E-state index contributed by atoms with van der Waals surface area (Å²) in [5, 5.41) is 0. The SMILES string of the molecule is CC(C)(C)Oc1ccc(F)cc1Br. The average Bonchev–Trinajstić information content (AvgIpc) is 1.93. The van der Waals surface area contributed by atoms with Crippen molar-refractivity contribution in [3.8, 4) is 5.75 Å². The quantitative estimate of drug-likeness (QED) is 0.734. The highest BCUT2D eigenvalue weighted by Crippen LogP contribution is 2.28. The average molecular weight is 247 g/mol. The topological polar surface area (TPSA) is 9.23 Å². The second kappa shape index (κ2) is 3.66. The Hall–Kier alpha value is -0.570. The Bertz CT molecular complexity index is 304. The first-order chi connectivity index (χ1) is 5.88. The molecule has 1 rings (SSSR count). The van der Waals surface area contributed by atoms with E-state index in [1.807, 2.05) is 20.8 Å². The van der Waals surface area contributed by atoms with E-state index in [-0.39, 0.29) is 11.4 Å². The molecule has 0 atom stereocenters. The van der Waals surface area contributed by atoms with Crippen molar-refractivity contribution in [2.24, 2.45) is 0 Å². The molecule has 0 radical (unpaired) electrons. The summed E-state index contributed by atoms with van der Waals surface area (Å²) in [5.41, 5.74) is -0.264. The van der Waals surface area contributed by atoms with Gasteiger partial charge in [0.2, 0.25) is 0 Å². The van der Waals surface area contributed by atoms with Crippen molar-refractivity contribution >= 4 is 15.9 Å². The second-order valence-electron chi connectivity index (χ2n) is 3.79. The van der Waals surface area contributed by atoms with Crippen LogP contribution in [0.1, 0.15) is 20.8 Å². The molecular weight excluding hydrogens is 235 g/mol. The van der Waals surface area contributed by atoms with Gasteiger partial charge in [0, 0.05) is 0 Å². The van der Waals surface area contributed by atoms with Gasteiger partial charge in [-0.2, -0.15) is 0 Å². The molecule has 0 unspecified atom stereocenters. The van der Waals surface area contributed by atoms with Gasteiger partial charge < -0.3 is 4.74 Å². The van der Waals surface area contributed by atoms with Crippen LogP contribution < -0.4 is 4.74 Å². The monoisotopic (exact) mass is 246 g/mol. The molecule has 0 saturated carbocycles. The van der Waals surface area contributed by atoms with Gasteiger partial charge in [-0.1, -0.05) is 0 Å². The first-order valence-corrected chi connectivity index (χ1v) is 4.82. The first kappa shape index (κ1) is 10.5. The molecule has 0 aliphatic heterocycles. The smallest absolute Gasteiger partial charge is 0.134 e. The van der Waals surface area contributed by atoms with Gasteiger partial charge in [-0.15, -0.1) is 0 Å². The summed E-state index contributed by atoms with van der Waals surface area (Å²) in [6.45, 7) is 5.84. The summed E-state index contributed by atoms with van der Waals surface area (Å²) in [4.78, 5) is 0. The molecule has 0 saturated heterocycles. The van der Waals surface area contributed by atoms with Gasteiger partial charge in [0.15, 0.2) is 0 Å². The largest absolute Gasteiger partial charge is 0.487 e. The van der Waals surface area contributed by atoms with E-state index in [0.29, 0.717) is 10.2 Å². The van der Waals surface area contributed by atoms with Crippen LogP contribution in [0, 0.1) is 5.82 Å². The predicted molar refractivity (Wildman–Crippen MR) is 54.5 cm³/mol. The van der Waals surface area contributed by atoms with Crippen molar-refractivity contribution < 1.29 is 9.13 Å². The maximum Gasteiger partial charge on any atom is 0.134 e. The van der Waals surface area contributed by atoms with Crippen molar-refractivity contribution in [3.05, 3.63) is 28.5 Å². The van der Waals surface area contributed by atoms with Gasteiger partial charge in [0.05, 0.1) is 4.47 Å². The summed E-state index contributed by atoms with van der Waals surface area (Å²) in [5.74, 6) is 0.391. The lowest BCUT2D eigenvalue weighted by Crippen LogP contribution is -2.23. The van der Waals surface area contributed by atoms with Crippen molar-refractivity contribution in [1.82, 2.24) is 0 Å². The minimum atomic E-state index is -0.270. The minimum Gasteiger partial charge on any atom is -0.487 e. The normalized spacial score (nSPS) is 11.5. The number of benzene rings is 1. The molecular formula is C10H12BrFO. The Kier molecular flexibility index (Phi) is 2.96. The molecule has 13 heavy (non-hydrogen) atoms. The summed E-state index contributed by atoms with van der Waals surface area (Å²) in [7, 11) is 0. The number of halogens is 2. The molecule has 0 fully saturated rings. The maximum atomic E-state index is 12.7. The fourth-order valence-electron chi connectivity index (χ4n) is 0.888. The minimum absolute atomic E-state index is 0.264. The molecule has 0 heterocycles. The van der Waals surface area contributed by atoms with Gasteiger partial charge >= 0.3 is 0 Å². The lowest BCUT2D eigenvalue weighted by Gasteiger charge is -2.21. The molecule has 0 aliphatic carbocycles. The Morgan fingerprint density at radius 2 is 1.92 bits per heavy atom. The van der Waals surface area contributed by atoms with E-state index in [0.717, 1.165) is 0 Å². The second-order valence-corrected chi connectivity index (χ2v) is 4.64. The van der Waals surface area contributed by atoms with Crippen molar-refractivity contribution in [3.63, 3.8) is 0 Å². The third-order valence-electron chi connectivity index (χ3n) is 1.31. The summed E-state index contributed by atoms with van der Waals surface area (Å²) in [6, 6.07) is 4.39. The predicted octanol–water partition coefficient (Wildman–Crippen LogP) is 3.77. The van der Waals surface area contributed by atoms with Crippen LogP contribution in [0.5, 0.6) is 5.75 Å². The molecule has 72 valence electrons. The van der Waals surface area contributed by atoms with Gasteiger partial charge in [-0.3, -0.25) is 0 Å². The highest BCUT2D eigenvalue weighted by molar-refractivity contribution is 9.10. The Morgan fingerprint density at radius 1 is 1.31 bits per heavy atom. The highest BCUT2D eigenvalue weighted by atomic mass is 79.9. The molecule has 0 spiro atoms. The van der Waals surface area contributed by atoms with Crippen molar-refractivity contribution in [2.45, 2.75) is 26.4 Å². The summed E-state index contributed by atoms with van der Waals surface area (Å²) in [6.07, 6.45) is 0. The third kappa shape index (κ3) is 3.35. The zero-order valence-corrected chi connectivity index (χ0v) is 9.48. The zero-order chi connectivity index (χ0) is 10.1. The number of ether oxygens (including phenoxy) is 1. The van der Waals surface area contributed by atoms with E-state index in [1.165, 1.54) is 12.1 Å². The van der Waals surface area contributed by atoms with E-state index < -0.39 is 0 Å². The summed E-state index contributed by atoms with van der Waals surface area (Å²) >= 11 is 3.23. The molecule has 0 aliphatic rings. The van der Waals surface area contributed by atoms with Crippen LogP contribution in [-0.4, -0.2) is 5.60 Å². The van der Waals surface area contributed by atoms with Gasteiger partial charge in [-0.25, -0.2) is 4.39 Å². The fraction of sp³-hybridized carbons (Fsp3) is 0.400. The van der Waals surface area contributed by atoms with Crippen LogP contribution in [0.15, 0.2) is 22.7 Å². The molecule has 0 bridgehead atoms. The third-order valence-corrected chi connectivity index (χ3v) is 1.93. The number of rotatable bonds is 1. The van der Waals surface area contributed by atoms with Crippen LogP contribution in [0.25, 0.3) is 0 Å². The van der Waals surface area contributed by atoms with E-state index in [9.17, 15) is 4.39 Å². The van der Waals surface area contributed by atoms with Crippen LogP contribution in [-0.2, 0) is 0 Å². The van der Waals surface area contributed by atoms with Crippen molar-refractivity contribution in [1.29, 1.82) is 0 Å². The Labute approximate surface area is 86.0 Å². The van der Waals surface area contributed by atoms with Crippen LogP contribution in [0.2, 0.25) is 0 Å². The number of hydrogen-bond donors (Lipinski definition) is 0. The van der Waals surface area contributed by atoms with Crippen LogP contribution in [0.3, 0.4) is 0 Å². The zero-order valence-electron chi connectivity index (χ0n) is 7.90. The molecule has 3 heteroatoms. The standard InChI is InChI=1S/C10H12BrFO/c1-10(2,3)13-9-5-4-7(12)6-8(9)11/h4-6H,1-3H3. The van der Waals surface area contributed by atoms with Crippen LogP contribution >= 0.6 is 15.9 Å². The Balaban J connectivity index is 2.90. The molecule has 0 N–H and O–H groups in total. The molecule has 0 aromatic heterocycles. The molecule has 1 aromatic rings. The van der Waals surface area contributed by atoms with Gasteiger partial charge in [0.25, 0.3) is 0 Å². The van der Waals surface area contributed by atoms with E-state index in [2.05, 4.69) is 15.9 Å². The van der Waals surface area contributed by atoms with E-state index in [4.69, 9.17) is 4.74 Å². The summed E-state index contributed by atoms with van der Waals surface area (Å²) < 4.78 is 18.9. The van der Waals surface area contributed by atoms with Gasteiger partial charge in [0.1, 0.15) is 17.2 Å². The highest BCUT2D eigenvalue weighted by Gasteiger charge is 2.13. The molecule has 0 amide bonds. The fourth-order valence-corrected chi connectivity index (χ4v) is 1.32. The Morgan fingerprint density at radius 3 is 2.38 bits per heavy atom. The van der Waals surface area contributed by atoms with Gasteiger partial charge in [-0.05, 0) is 54.9 Å². The maximum absolute atomic E-state index is 12.7. The first-order valence-electron chi connectivity index (χ1n) is 4.02. The lowest BCUT2D eigenvalue weighted by atomic mass is 10.2. The van der Waals surface area contributed by atoms with Crippen molar-refractivity contribution in [2.75, 3.05) is 0 Å². The molecule has 1 aromatic carbocycles. The van der Waals surface area contributed by atoms with Crippen LogP contribution in [0.4, 0.5) is 4.39 Å². The lowest BCUT2D eigenvalue weighted by molar-refractivity contribution is 0.129. The van der Waals surface area contributed by atoms with E-state index >= 15 is 0 Å². The van der Waals surface area contributed by atoms with E-state index in [1.54, 1.807) is 6.07 Å².